The molecule has 0 spiro atoms. The number of nitrogens with zero attached hydrogens (tertiary/aromatic N) is 1. The molecule has 3 amide bonds. The quantitative estimate of drug-likeness (QED) is 0.618. The van der Waals surface area contributed by atoms with E-state index in [0.29, 0.717) is 16.9 Å². The largest absolute Gasteiger partial charge is 0.321 e. The molecule has 0 atom stereocenters. The van der Waals surface area contributed by atoms with E-state index in [1.54, 1.807) is 48.5 Å². The van der Waals surface area contributed by atoms with Crippen LogP contribution in [-0.2, 0) is 14.4 Å². The van der Waals surface area contributed by atoms with Gasteiger partial charge in [0.25, 0.3) is 17.7 Å². The second-order valence-corrected chi connectivity index (χ2v) is 5.17. The molecule has 2 N–H and O–H groups in total. The van der Waals surface area contributed by atoms with E-state index < -0.39 is 17.7 Å². The van der Waals surface area contributed by atoms with Gasteiger partial charge >= 0.3 is 0 Å². The monoisotopic (exact) mass is 305 g/mol. The summed E-state index contributed by atoms with van der Waals surface area (Å²) in [5, 5.41) is 3.82. The molecule has 2 aromatic rings. The van der Waals surface area contributed by atoms with Crippen molar-refractivity contribution in [3.8, 4) is 0 Å². The Balaban J connectivity index is 1.85. The third kappa shape index (κ3) is 1.92. The number of hydrogen-bond donors (Lipinski definition) is 2. The van der Waals surface area contributed by atoms with Crippen molar-refractivity contribution in [3.05, 3.63) is 65.7 Å². The van der Waals surface area contributed by atoms with Gasteiger partial charge in [-0.05, 0) is 18.2 Å². The number of carbonyl (C=O) groups excluding carboxylic acids is 3. The van der Waals surface area contributed by atoms with Gasteiger partial charge in [-0.3, -0.25) is 19.8 Å². The van der Waals surface area contributed by atoms with Gasteiger partial charge in [0.2, 0.25) is 0 Å². The van der Waals surface area contributed by atoms with Crippen LogP contribution in [0.2, 0.25) is 0 Å². The van der Waals surface area contributed by atoms with Gasteiger partial charge in [0.1, 0.15) is 5.57 Å². The summed E-state index contributed by atoms with van der Waals surface area (Å²) >= 11 is 0. The van der Waals surface area contributed by atoms with Gasteiger partial charge in [0.15, 0.2) is 0 Å². The van der Waals surface area contributed by atoms with Crippen LogP contribution in [-0.4, -0.2) is 17.7 Å². The number of anilines is 2. The third-order valence-electron chi connectivity index (χ3n) is 3.79. The first kappa shape index (κ1) is 13.3. The van der Waals surface area contributed by atoms with Crippen molar-refractivity contribution in [2.24, 2.45) is 0 Å². The second-order valence-electron chi connectivity index (χ2n) is 5.17. The molecule has 2 aliphatic heterocycles. The van der Waals surface area contributed by atoms with Crippen LogP contribution in [0.1, 0.15) is 5.56 Å². The smallest absolute Gasteiger partial charge is 0.283 e. The van der Waals surface area contributed by atoms with E-state index >= 15 is 0 Å². The topological polar surface area (TPSA) is 78.5 Å². The highest BCUT2D eigenvalue weighted by Crippen LogP contribution is 2.35. The minimum atomic E-state index is -0.583. The molecule has 112 valence electrons. The third-order valence-corrected chi connectivity index (χ3v) is 3.79. The van der Waals surface area contributed by atoms with E-state index in [1.807, 2.05) is 6.07 Å². The summed E-state index contributed by atoms with van der Waals surface area (Å²) in [5.41, 5.74) is 4.17. The van der Waals surface area contributed by atoms with Crippen molar-refractivity contribution in [2.75, 3.05) is 10.3 Å². The van der Waals surface area contributed by atoms with Crippen molar-refractivity contribution in [2.45, 2.75) is 0 Å². The van der Waals surface area contributed by atoms with Gasteiger partial charge in [-0.1, -0.05) is 36.4 Å². The predicted molar refractivity (Wildman–Crippen MR) is 84.1 cm³/mol. The van der Waals surface area contributed by atoms with Crippen LogP contribution in [0.3, 0.4) is 0 Å². The maximum absolute atomic E-state index is 12.7. The van der Waals surface area contributed by atoms with E-state index in [1.165, 1.54) is 0 Å². The molecular weight excluding hydrogens is 294 g/mol. The summed E-state index contributed by atoms with van der Waals surface area (Å²) < 4.78 is 0. The highest BCUT2D eigenvalue weighted by molar-refractivity contribution is 6.44. The highest BCUT2D eigenvalue weighted by atomic mass is 16.2. The van der Waals surface area contributed by atoms with Crippen LogP contribution in [0.15, 0.2) is 60.2 Å². The minimum Gasteiger partial charge on any atom is -0.321 e. The SMILES string of the molecule is O=C1NN(c2ccccc2)C(=O)C1=C1C(=O)Nc2ccccc21. The fraction of sp³-hybridized carbons (Fsp3) is 0. The van der Waals surface area contributed by atoms with E-state index in [9.17, 15) is 14.4 Å². The molecule has 6 heteroatoms. The first-order valence-corrected chi connectivity index (χ1v) is 7.02. The Morgan fingerprint density at radius 1 is 0.739 bits per heavy atom. The van der Waals surface area contributed by atoms with Crippen molar-refractivity contribution in [3.63, 3.8) is 0 Å². The summed E-state index contributed by atoms with van der Waals surface area (Å²) in [7, 11) is 0. The Labute approximate surface area is 131 Å². The zero-order chi connectivity index (χ0) is 16.0. The molecule has 2 heterocycles. The molecule has 0 aliphatic carbocycles. The number of carbonyl (C=O) groups is 3. The lowest BCUT2D eigenvalue weighted by atomic mass is 10.0. The van der Waals surface area contributed by atoms with Gasteiger partial charge in [0, 0.05) is 11.3 Å². The minimum absolute atomic E-state index is 0.113. The number of hydrazine groups is 1. The molecule has 0 aromatic heterocycles. The number of para-hydroxylation sites is 2. The molecule has 0 unspecified atom stereocenters. The van der Waals surface area contributed by atoms with Crippen LogP contribution < -0.4 is 15.8 Å². The van der Waals surface area contributed by atoms with E-state index in [0.717, 1.165) is 5.01 Å². The van der Waals surface area contributed by atoms with Crippen molar-refractivity contribution >= 4 is 34.7 Å². The van der Waals surface area contributed by atoms with Gasteiger partial charge in [-0.25, -0.2) is 5.01 Å². The van der Waals surface area contributed by atoms with Crippen molar-refractivity contribution < 1.29 is 14.4 Å². The molecular formula is C17H11N3O3. The molecule has 2 aromatic carbocycles. The zero-order valence-corrected chi connectivity index (χ0v) is 11.9. The normalized spacial score (nSPS) is 19.7. The molecule has 6 nitrogen and oxygen atoms in total. The first-order valence-electron chi connectivity index (χ1n) is 7.02. The summed E-state index contributed by atoms with van der Waals surface area (Å²) in [5.74, 6) is -1.57. The summed E-state index contributed by atoms with van der Waals surface area (Å²) in [4.78, 5) is 37.2. The lowest BCUT2D eigenvalue weighted by molar-refractivity contribution is -0.118. The molecule has 1 saturated heterocycles. The number of benzene rings is 2. The number of amides is 3. The van der Waals surface area contributed by atoms with Gasteiger partial charge in [0.05, 0.1) is 11.3 Å². The Bertz CT molecular complexity index is 887. The molecule has 23 heavy (non-hydrogen) atoms. The summed E-state index contributed by atoms with van der Waals surface area (Å²) in [6.45, 7) is 0. The average Bonchev–Trinajstić information content (AvgIpc) is 3.04. The molecule has 0 bridgehead atoms. The number of rotatable bonds is 1. The Morgan fingerprint density at radius 3 is 2.22 bits per heavy atom. The lowest BCUT2D eigenvalue weighted by Crippen LogP contribution is -2.35. The van der Waals surface area contributed by atoms with Crippen LogP contribution >= 0.6 is 0 Å². The van der Waals surface area contributed by atoms with Gasteiger partial charge in [-0.2, -0.15) is 0 Å². The van der Waals surface area contributed by atoms with E-state index in [-0.39, 0.29) is 11.1 Å². The van der Waals surface area contributed by atoms with Crippen molar-refractivity contribution in [1.29, 1.82) is 0 Å². The van der Waals surface area contributed by atoms with E-state index in [2.05, 4.69) is 10.7 Å². The maximum Gasteiger partial charge on any atom is 0.283 e. The molecule has 4 rings (SSSR count). The fourth-order valence-corrected chi connectivity index (χ4v) is 2.76. The average molecular weight is 305 g/mol. The number of hydrogen-bond acceptors (Lipinski definition) is 3. The van der Waals surface area contributed by atoms with Crippen LogP contribution in [0.25, 0.3) is 5.57 Å². The Hall–Kier alpha value is -3.41. The predicted octanol–water partition coefficient (Wildman–Crippen LogP) is 1.47. The van der Waals surface area contributed by atoms with Crippen molar-refractivity contribution in [1.82, 2.24) is 5.43 Å². The number of fused-ring (bicyclic) bond motifs is 1. The maximum atomic E-state index is 12.7. The van der Waals surface area contributed by atoms with Crippen LogP contribution in [0, 0.1) is 0 Å². The Morgan fingerprint density at radius 2 is 1.43 bits per heavy atom. The molecule has 0 radical (unpaired) electrons. The molecule has 1 fully saturated rings. The Kier molecular flexibility index (Phi) is 2.77. The van der Waals surface area contributed by atoms with Gasteiger partial charge < -0.3 is 5.32 Å². The van der Waals surface area contributed by atoms with Gasteiger partial charge in [-0.15, -0.1) is 0 Å². The molecule has 0 saturated carbocycles. The fourth-order valence-electron chi connectivity index (χ4n) is 2.76. The summed E-state index contributed by atoms with van der Waals surface area (Å²) in [6, 6.07) is 15.7. The standard InChI is InChI=1S/C17H11N3O3/c21-15-13(11-8-4-5-9-12(11)18-15)14-16(22)19-20(17(14)23)10-6-2-1-3-7-10/h1-9H,(H,18,21)(H,19,22). The first-order chi connectivity index (χ1) is 11.2. The zero-order valence-electron chi connectivity index (χ0n) is 11.9. The second kappa shape index (κ2) is 4.81. The number of nitrogens with one attached hydrogen (secondary N) is 2. The summed E-state index contributed by atoms with van der Waals surface area (Å²) in [6.07, 6.45) is 0. The van der Waals surface area contributed by atoms with Crippen LogP contribution in [0.5, 0.6) is 0 Å². The lowest BCUT2D eigenvalue weighted by Gasteiger charge is -2.14. The van der Waals surface area contributed by atoms with E-state index in [4.69, 9.17) is 0 Å². The molecule has 2 aliphatic rings. The highest BCUT2D eigenvalue weighted by Gasteiger charge is 2.41. The van der Waals surface area contributed by atoms with Crippen LogP contribution in [0.4, 0.5) is 11.4 Å².